The molecule has 1 aromatic heterocycles. The molecule has 150 valence electrons. The Morgan fingerprint density at radius 1 is 1.14 bits per heavy atom. The van der Waals surface area contributed by atoms with Crippen molar-refractivity contribution in [3.63, 3.8) is 0 Å². The van der Waals surface area contributed by atoms with Gasteiger partial charge in [-0.2, -0.15) is 0 Å². The number of carbonyl (C=O) groups is 1. The smallest absolute Gasteiger partial charge is 0.339 e. The zero-order chi connectivity index (χ0) is 20.4. The number of Topliss-reactive ketones (excluding diaryl/α,β-unsaturated/α-hetero) is 1. The fourth-order valence-corrected chi connectivity index (χ4v) is 3.78. The maximum atomic E-state index is 12.5. The van der Waals surface area contributed by atoms with Gasteiger partial charge in [-0.15, -0.1) is 0 Å². The third kappa shape index (κ3) is 4.25. The normalized spacial score (nSPS) is 15.5. The largest absolute Gasteiger partial charge is 0.490 e. The molecule has 4 rings (SSSR count). The van der Waals surface area contributed by atoms with Gasteiger partial charge in [0, 0.05) is 41.6 Å². The number of ether oxygens (including phenoxy) is 1. The third-order valence-corrected chi connectivity index (χ3v) is 5.58. The molecule has 29 heavy (non-hydrogen) atoms. The van der Waals surface area contributed by atoms with Crippen molar-refractivity contribution in [3.05, 3.63) is 75.6 Å². The monoisotopic (exact) mass is 391 g/mol. The number of aryl methyl sites for hydroxylation is 1. The highest BCUT2D eigenvalue weighted by Gasteiger charge is 2.20. The van der Waals surface area contributed by atoms with Crippen molar-refractivity contribution < 1.29 is 13.9 Å². The second-order valence-corrected chi connectivity index (χ2v) is 7.75. The van der Waals surface area contributed by atoms with E-state index in [4.69, 9.17) is 9.15 Å². The fraction of sp³-hybridized carbons (Fsp3) is 0.333. The topological polar surface area (TPSA) is 59.8 Å². The van der Waals surface area contributed by atoms with Crippen LogP contribution in [0.2, 0.25) is 0 Å². The van der Waals surface area contributed by atoms with Crippen LogP contribution >= 0.6 is 0 Å². The average molecular weight is 391 g/mol. The van der Waals surface area contributed by atoms with Crippen molar-refractivity contribution in [2.45, 2.75) is 32.3 Å². The van der Waals surface area contributed by atoms with E-state index in [1.165, 1.54) is 0 Å². The van der Waals surface area contributed by atoms with Gasteiger partial charge in [0.2, 0.25) is 0 Å². The van der Waals surface area contributed by atoms with E-state index in [0.29, 0.717) is 16.7 Å². The lowest BCUT2D eigenvalue weighted by Crippen LogP contribution is -2.35. The highest BCUT2D eigenvalue weighted by Crippen LogP contribution is 2.29. The lowest BCUT2D eigenvalue weighted by molar-refractivity contribution is 0.0992. The van der Waals surface area contributed by atoms with E-state index in [9.17, 15) is 9.59 Å². The van der Waals surface area contributed by atoms with Gasteiger partial charge >= 0.3 is 5.63 Å². The third-order valence-electron chi connectivity index (χ3n) is 5.58. The molecule has 2 aromatic carbocycles. The molecule has 0 aliphatic carbocycles. The predicted molar refractivity (Wildman–Crippen MR) is 113 cm³/mol. The molecule has 5 nitrogen and oxygen atoms in total. The molecule has 0 saturated carbocycles. The van der Waals surface area contributed by atoms with E-state index in [1.807, 2.05) is 37.3 Å². The summed E-state index contributed by atoms with van der Waals surface area (Å²) >= 11 is 0. The Labute approximate surface area is 169 Å². The number of benzene rings is 2. The summed E-state index contributed by atoms with van der Waals surface area (Å²) in [5.74, 6) is 0.652. The Kier molecular flexibility index (Phi) is 5.49. The number of hydrogen-bond acceptors (Lipinski definition) is 5. The Bertz CT molecular complexity index is 1080. The van der Waals surface area contributed by atoms with E-state index >= 15 is 0 Å². The molecular weight excluding hydrogens is 366 g/mol. The van der Waals surface area contributed by atoms with Gasteiger partial charge in [0.25, 0.3) is 0 Å². The van der Waals surface area contributed by atoms with Crippen LogP contribution in [0, 0.1) is 6.92 Å². The molecule has 0 N–H and O–H groups in total. The summed E-state index contributed by atoms with van der Waals surface area (Å²) in [7, 11) is 2.12. The fourth-order valence-electron chi connectivity index (χ4n) is 3.78. The molecule has 0 radical (unpaired) electrons. The molecular formula is C24H25NO4. The maximum Gasteiger partial charge on any atom is 0.339 e. The quantitative estimate of drug-likeness (QED) is 0.486. The number of piperidine rings is 1. The molecule has 1 aliphatic rings. The molecule has 1 fully saturated rings. The Morgan fingerprint density at radius 2 is 1.86 bits per heavy atom. The van der Waals surface area contributed by atoms with E-state index in [2.05, 4.69) is 11.9 Å². The van der Waals surface area contributed by atoms with Gasteiger partial charge in [0.15, 0.2) is 5.78 Å². The molecule has 0 bridgehead atoms. The SMILES string of the molecule is Cc1c(OC2CCN(C)CC2)ccc2cc(CC(=O)c3ccccc3)c(=O)oc12. The van der Waals surface area contributed by atoms with Gasteiger partial charge in [-0.05, 0) is 45.0 Å². The summed E-state index contributed by atoms with van der Waals surface area (Å²) in [5.41, 5.74) is 1.83. The van der Waals surface area contributed by atoms with Crippen LogP contribution in [-0.2, 0) is 6.42 Å². The molecule has 1 saturated heterocycles. The zero-order valence-corrected chi connectivity index (χ0v) is 16.8. The van der Waals surface area contributed by atoms with Crippen LogP contribution in [0.5, 0.6) is 5.75 Å². The molecule has 3 aromatic rings. The van der Waals surface area contributed by atoms with Gasteiger partial charge in [-0.1, -0.05) is 30.3 Å². The second kappa shape index (κ2) is 8.21. The molecule has 2 heterocycles. The molecule has 0 unspecified atom stereocenters. The van der Waals surface area contributed by atoms with Gasteiger partial charge in [-0.3, -0.25) is 4.79 Å². The molecule has 0 spiro atoms. The van der Waals surface area contributed by atoms with Crippen molar-refractivity contribution in [1.29, 1.82) is 0 Å². The highest BCUT2D eigenvalue weighted by atomic mass is 16.5. The van der Waals surface area contributed by atoms with Gasteiger partial charge in [-0.25, -0.2) is 4.79 Å². The van der Waals surface area contributed by atoms with E-state index in [-0.39, 0.29) is 18.3 Å². The Balaban J connectivity index is 1.58. The van der Waals surface area contributed by atoms with Crippen molar-refractivity contribution in [2.24, 2.45) is 0 Å². The summed E-state index contributed by atoms with van der Waals surface area (Å²) in [5, 5.41) is 0.800. The number of carbonyl (C=O) groups excluding carboxylic acids is 1. The number of hydrogen-bond donors (Lipinski definition) is 0. The first-order chi connectivity index (χ1) is 14.0. The lowest BCUT2D eigenvalue weighted by Gasteiger charge is -2.29. The summed E-state index contributed by atoms with van der Waals surface area (Å²) in [4.78, 5) is 27.3. The van der Waals surface area contributed by atoms with E-state index in [1.54, 1.807) is 18.2 Å². The standard InChI is InChI=1S/C24H25NO4/c1-16-22(28-20-10-12-25(2)13-11-20)9-8-18-14-19(24(27)29-23(16)18)15-21(26)17-6-4-3-5-7-17/h3-9,14,20H,10-13,15H2,1-2H3. The molecule has 5 heteroatoms. The van der Waals surface area contributed by atoms with Crippen LogP contribution in [-0.4, -0.2) is 36.9 Å². The van der Waals surface area contributed by atoms with Crippen LogP contribution in [0.25, 0.3) is 11.0 Å². The minimum Gasteiger partial charge on any atom is -0.490 e. The Morgan fingerprint density at radius 3 is 2.59 bits per heavy atom. The van der Waals surface area contributed by atoms with Gasteiger partial charge in [0.1, 0.15) is 17.4 Å². The molecule has 0 amide bonds. The second-order valence-electron chi connectivity index (χ2n) is 7.75. The van der Waals surface area contributed by atoms with Crippen molar-refractivity contribution in [2.75, 3.05) is 20.1 Å². The van der Waals surface area contributed by atoms with Crippen LogP contribution in [0.4, 0.5) is 0 Å². The minimum atomic E-state index is -0.471. The molecule has 0 atom stereocenters. The van der Waals surface area contributed by atoms with Crippen molar-refractivity contribution in [3.8, 4) is 5.75 Å². The minimum absolute atomic E-state index is 0.0230. The number of fused-ring (bicyclic) bond motifs is 1. The number of rotatable bonds is 5. The van der Waals surface area contributed by atoms with E-state index < -0.39 is 5.63 Å². The first kappa shape index (κ1) is 19.4. The zero-order valence-electron chi connectivity index (χ0n) is 16.8. The lowest BCUT2D eigenvalue weighted by atomic mass is 10.0. The predicted octanol–water partition coefficient (Wildman–Crippen LogP) is 4.00. The van der Waals surface area contributed by atoms with Crippen LogP contribution in [0.3, 0.4) is 0 Å². The van der Waals surface area contributed by atoms with Crippen LogP contribution < -0.4 is 10.4 Å². The van der Waals surface area contributed by atoms with Gasteiger partial charge < -0.3 is 14.1 Å². The maximum absolute atomic E-state index is 12.5. The summed E-state index contributed by atoms with van der Waals surface area (Å²) in [6.07, 6.45) is 2.17. The molecule has 1 aliphatic heterocycles. The van der Waals surface area contributed by atoms with Crippen LogP contribution in [0.1, 0.15) is 34.3 Å². The van der Waals surface area contributed by atoms with Gasteiger partial charge in [0.05, 0.1) is 0 Å². The number of nitrogens with zero attached hydrogens (tertiary/aromatic N) is 1. The van der Waals surface area contributed by atoms with Crippen LogP contribution in [0.15, 0.2) is 57.7 Å². The summed E-state index contributed by atoms with van der Waals surface area (Å²) < 4.78 is 11.8. The number of likely N-dealkylation sites (tertiary alicyclic amines) is 1. The van der Waals surface area contributed by atoms with Crippen molar-refractivity contribution >= 4 is 16.8 Å². The summed E-state index contributed by atoms with van der Waals surface area (Å²) in [6.45, 7) is 3.95. The number of ketones is 1. The Hall–Kier alpha value is -2.92. The highest BCUT2D eigenvalue weighted by molar-refractivity contribution is 5.97. The summed E-state index contributed by atoms with van der Waals surface area (Å²) in [6, 6.07) is 14.6. The van der Waals surface area contributed by atoms with E-state index in [0.717, 1.165) is 42.6 Å². The van der Waals surface area contributed by atoms with Crippen molar-refractivity contribution in [1.82, 2.24) is 4.90 Å². The first-order valence-electron chi connectivity index (χ1n) is 10.0. The average Bonchev–Trinajstić information content (AvgIpc) is 2.73. The first-order valence-corrected chi connectivity index (χ1v) is 10.0.